The SMILES string of the molecule is O=[N+]([O-])c1ccc(Cl)c(/C=N\N2CCN(C3c4ccccc4-c4ccccc43)CC2)c1. The molecule has 0 spiro atoms. The number of halogens is 1. The zero-order valence-corrected chi connectivity index (χ0v) is 17.6. The maximum atomic E-state index is 11.0. The first-order valence-corrected chi connectivity index (χ1v) is 10.6. The molecule has 0 atom stereocenters. The number of fused-ring (bicyclic) bond motifs is 3. The van der Waals surface area contributed by atoms with Gasteiger partial charge in [0.15, 0.2) is 0 Å². The normalized spacial score (nSPS) is 16.5. The summed E-state index contributed by atoms with van der Waals surface area (Å²) in [7, 11) is 0. The molecule has 1 aliphatic carbocycles. The van der Waals surface area contributed by atoms with Crippen molar-refractivity contribution in [2.24, 2.45) is 5.10 Å². The number of non-ortho nitro benzene ring substituents is 1. The third kappa shape index (κ3) is 3.69. The molecule has 1 saturated heterocycles. The quantitative estimate of drug-likeness (QED) is 0.332. The number of rotatable bonds is 4. The number of piperazine rings is 1. The summed E-state index contributed by atoms with van der Waals surface area (Å²) in [6, 6.07) is 22.0. The lowest BCUT2D eigenvalue weighted by molar-refractivity contribution is -0.384. The highest BCUT2D eigenvalue weighted by Gasteiger charge is 2.33. The van der Waals surface area contributed by atoms with Gasteiger partial charge in [-0.25, -0.2) is 0 Å². The van der Waals surface area contributed by atoms with Crippen LogP contribution in [0.15, 0.2) is 71.8 Å². The van der Waals surface area contributed by atoms with Gasteiger partial charge in [-0.2, -0.15) is 5.10 Å². The fourth-order valence-electron chi connectivity index (χ4n) is 4.49. The van der Waals surface area contributed by atoms with Crippen molar-refractivity contribution in [3.8, 4) is 11.1 Å². The minimum absolute atomic E-state index is 0.00855. The van der Waals surface area contributed by atoms with Crippen molar-refractivity contribution in [2.75, 3.05) is 26.2 Å². The van der Waals surface area contributed by atoms with Crippen molar-refractivity contribution in [3.05, 3.63) is 98.6 Å². The molecule has 0 unspecified atom stereocenters. The first kappa shape index (κ1) is 19.7. The molecule has 7 heteroatoms. The van der Waals surface area contributed by atoms with Crippen LogP contribution in [0.3, 0.4) is 0 Å². The van der Waals surface area contributed by atoms with E-state index in [2.05, 4.69) is 58.5 Å². The summed E-state index contributed by atoms with van der Waals surface area (Å²) in [6.07, 6.45) is 1.62. The second-order valence-electron chi connectivity index (χ2n) is 7.77. The van der Waals surface area contributed by atoms with Crippen LogP contribution < -0.4 is 0 Å². The third-order valence-corrected chi connectivity index (χ3v) is 6.35. The van der Waals surface area contributed by atoms with Gasteiger partial charge >= 0.3 is 0 Å². The second kappa shape index (κ2) is 8.13. The molecule has 0 saturated carbocycles. The van der Waals surface area contributed by atoms with Gasteiger partial charge < -0.3 is 0 Å². The number of nitrogens with zero attached hydrogens (tertiary/aromatic N) is 4. The van der Waals surface area contributed by atoms with Crippen molar-refractivity contribution < 1.29 is 4.92 Å². The zero-order chi connectivity index (χ0) is 21.4. The molecule has 0 bridgehead atoms. The van der Waals surface area contributed by atoms with E-state index >= 15 is 0 Å². The number of nitro groups is 1. The monoisotopic (exact) mass is 432 g/mol. The highest BCUT2D eigenvalue weighted by atomic mass is 35.5. The maximum Gasteiger partial charge on any atom is 0.270 e. The Morgan fingerprint density at radius 3 is 2.16 bits per heavy atom. The van der Waals surface area contributed by atoms with Gasteiger partial charge in [-0.1, -0.05) is 60.1 Å². The molecule has 156 valence electrons. The topological polar surface area (TPSA) is 62.0 Å². The molecule has 1 aliphatic heterocycles. The molecular weight excluding hydrogens is 412 g/mol. The van der Waals surface area contributed by atoms with Crippen molar-refractivity contribution in [3.63, 3.8) is 0 Å². The second-order valence-corrected chi connectivity index (χ2v) is 8.18. The molecule has 1 fully saturated rings. The first-order chi connectivity index (χ1) is 15.1. The fourth-order valence-corrected chi connectivity index (χ4v) is 4.66. The average Bonchev–Trinajstić information content (AvgIpc) is 3.13. The average molecular weight is 433 g/mol. The molecule has 0 N–H and O–H groups in total. The number of hydrogen-bond donors (Lipinski definition) is 0. The molecular formula is C24H21ClN4O2. The van der Waals surface area contributed by atoms with E-state index in [9.17, 15) is 10.1 Å². The molecule has 2 aliphatic rings. The van der Waals surface area contributed by atoms with Gasteiger partial charge in [0.2, 0.25) is 0 Å². The van der Waals surface area contributed by atoms with Crippen LogP contribution >= 0.6 is 11.6 Å². The van der Waals surface area contributed by atoms with Crippen molar-refractivity contribution in [1.29, 1.82) is 0 Å². The highest BCUT2D eigenvalue weighted by molar-refractivity contribution is 6.33. The van der Waals surface area contributed by atoms with Crippen LogP contribution in [0, 0.1) is 10.1 Å². The molecule has 0 aromatic heterocycles. The standard InChI is InChI=1S/C24H21ClN4O2/c25-23-10-9-18(29(30)31)15-17(23)16-26-28-13-11-27(12-14-28)24-21-7-3-1-5-19(21)20-6-2-4-8-22(20)24/h1-10,15-16,24H,11-14H2/b26-16-. The summed E-state index contributed by atoms with van der Waals surface area (Å²) in [5.74, 6) is 0. The lowest BCUT2D eigenvalue weighted by Crippen LogP contribution is -2.45. The Morgan fingerprint density at radius 1 is 0.935 bits per heavy atom. The Bertz CT molecular complexity index is 1130. The number of nitro benzene ring substituents is 1. The zero-order valence-electron chi connectivity index (χ0n) is 16.8. The first-order valence-electron chi connectivity index (χ1n) is 10.3. The number of benzene rings is 3. The van der Waals surface area contributed by atoms with Crippen LogP contribution in [0.1, 0.15) is 22.7 Å². The van der Waals surface area contributed by atoms with E-state index in [0.29, 0.717) is 10.6 Å². The van der Waals surface area contributed by atoms with Crippen LogP contribution in [-0.4, -0.2) is 47.2 Å². The Morgan fingerprint density at radius 2 is 1.55 bits per heavy atom. The molecule has 0 amide bonds. The minimum Gasteiger partial charge on any atom is -0.294 e. The van der Waals surface area contributed by atoms with E-state index < -0.39 is 4.92 Å². The lowest BCUT2D eigenvalue weighted by Gasteiger charge is -2.37. The molecule has 0 radical (unpaired) electrons. The van der Waals surface area contributed by atoms with Crippen LogP contribution in [0.5, 0.6) is 0 Å². The number of hydrogen-bond acceptors (Lipinski definition) is 5. The van der Waals surface area contributed by atoms with E-state index in [1.54, 1.807) is 6.21 Å². The van der Waals surface area contributed by atoms with Gasteiger partial charge in [0.25, 0.3) is 5.69 Å². The Balaban J connectivity index is 1.31. The van der Waals surface area contributed by atoms with E-state index in [4.69, 9.17) is 11.6 Å². The summed E-state index contributed by atoms with van der Waals surface area (Å²) in [5.41, 5.74) is 5.94. The van der Waals surface area contributed by atoms with Gasteiger partial charge in [-0.3, -0.25) is 20.0 Å². The van der Waals surface area contributed by atoms with Gasteiger partial charge in [-0.05, 0) is 28.3 Å². The summed E-state index contributed by atoms with van der Waals surface area (Å²) in [6.45, 7) is 3.33. The summed E-state index contributed by atoms with van der Waals surface area (Å²) in [4.78, 5) is 13.1. The van der Waals surface area contributed by atoms with E-state index in [1.807, 2.05) is 5.01 Å². The van der Waals surface area contributed by atoms with Gasteiger partial charge in [0.1, 0.15) is 0 Å². The van der Waals surface area contributed by atoms with Crippen LogP contribution in [0.25, 0.3) is 11.1 Å². The number of hydrazone groups is 1. The van der Waals surface area contributed by atoms with Crippen molar-refractivity contribution in [1.82, 2.24) is 9.91 Å². The summed E-state index contributed by atoms with van der Waals surface area (Å²) >= 11 is 6.18. The predicted octanol–water partition coefficient (Wildman–Crippen LogP) is 4.97. The van der Waals surface area contributed by atoms with Crippen LogP contribution in [-0.2, 0) is 0 Å². The smallest absolute Gasteiger partial charge is 0.270 e. The Hall–Kier alpha value is -3.22. The highest BCUT2D eigenvalue weighted by Crippen LogP contribution is 2.46. The van der Waals surface area contributed by atoms with Gasteiger partial charge in [0.05, 0.1) is 17.2 Å². The Kier molecular flexibility index (Phi) is 5.18. The van der Waals surface area contributed by atoms with Crippen molar-refractivity contribution in [2.45, 2.75) is 6.04 Å². The van der Waals surface area contributed by atoms with E-state index in [1.165, 1.54) is 40.5 Å². The molecule has 6 nitrogen and oxygen atoms in total. The van der Waals surface area contributed by atoms with Gasteiger partial charge in [0, 0.05) is 48.9 Å². The van der Waals surface area contributed by atoms with Crippen molar-refractivity contribution >= 4 is 23.5 Å². The van der Waals surface area contributed by atoms with Gasteiger partial charge in [-0.15, -0.1) is 0 Å². The van der Waals surface area contributed by atoms with Crippen LogP contribution in [0.2, 0.25) is 5.02 Å². The molecule has 3 aromatic rings. The minimum atomic E-state index is -0.427. The van der Waals surface area contributed by atoms with Crippen LogP contribution in [0.4, 0.5) is 5.69 Å². The molecule has 3 aromatic carbocycles. The Labute approximate surface area is 185 Å². The molecule has 5 rings (SSSR count). The van der Waals surface area contributed by atoms with E-state index in [-0.39, 0.29) is 11.7 Å². The maximum absolute atomic E-state index is 11.0. The fraction of sp³-hybridized carbons (Fsp3) is 0.208. The molecule has 1 heterocycles. The summed E-state index contributed by atoms with van der Waals surface area (Å²) in [5, 5.41) is 18.0. The third-order valence-electron chi connectivity index (χ3n) is 6.01. The molecule has 31 heavy (non-hydrogen) atoms. The predicted molar refractivity (Wildman–Crippen MR) is 123 cm³/mol. The largest absolute Gasteiger partial charge is 0.294 e. The summed E-state index contributed by atoms with van der Waals surface area (Å²) < 4.78 is 0. The van der Waals surface area contributed by atoms with E-state index in [0.717, 1.165) is 26.2 Å². The lowest BCUT2D eigenvalue weighted by atomic mass is 10.0.